The van der Waals surface area contributed by atoms with Gasteiger partial charge in [0, 0.05) is 30.9 Å². The number of pyridine rings is 1. The first-order valence-corrected chi connectivity index (χ1v) is 8.27. The number of piperidine rings is 2. The molecule has 5 heteroatoms. The minimum atomic E-state index is -0.504. The van der Waals surface area contributed by atoms with Gasteiger partial charge in [0.1, 0.15) is 5.82 Å². The van der Waals surface area contributed by atoms with Crippen LogP contribution < -0.4 is 10.2 Å². The van der Waals surface area contributed by atoms with Crippen molar-refractivity contribution in [3.05, 3.63) is 35.4 Å². The summed E-state index contributed by atoms with van der Waals surface area (Å²) in [5.74, 6) is 1.21. The zero-order valence-corrected chi connectivity index (χ0v) is 13.2. The van der Waals surface area contributed by atoms with Crippen LogP contribution in [0.4, 0.5) is 5.82 Å². The Bertz CT molecular complexity index is 707. The molecule has 0 amide bonds. The van der Waals surface area contributed by atoms with Crippen molar-refractivity contribution in [1.82, 2.24) is 10.3 Å². The van der Waals surface area contributed by atoms with E-state index < -0.39 is 5.60 Å². The molecule has 4 rings (SSSR count). The Morgan fingerprint density at radius 2 is 2.18 bits per heavy atom. The minimum Gasteiger partial charge on any atom is -0.389 e. The van der Waals surface area contributed by atoms with Crippen LogP contribution in [0.2, 0.25) is 5.02 Å². The molecule has 22 heavy (non-hydrogen) atoms. The second kappa shape index (κ2) is 5.37. The molecule has 3 heterocycles. The highest BCUT2D eigenvalue weighted by Crippen LogP contribution is 2.35. The van der Waals surface area contributed by atoms with Crippen LogP contribution in [0.15, 0.2) is 30.3 Å². The topological polar surface area (TPSA) is 48.4 Å². The van der Waals surface area contributed by atoms with Gasteiger partial charge in [0.15, 0.2) is 0 Å². The standard InChI is InChI=1S/C17H20ClN3O/c18-14-3-1-2-12-4-5-15(20-16(12)14)21-9-7-17(22)6-8-19-10-13(17)11-21/h1-5,13,19,22H,6-11H2/t13-,17-/m0/s1. The summed E-state index contributed by atoms with van der Waals surface area (Å²) in [5.41, 5.74) is 0.347. The smallest absolute Gasteiger partial charge is 0.129 e. The molecule has 0 radical (unpaired) electrons. The van der Waals surface area contributed by atoms with Crippen molar-refractivity contribution in [3.8, 4) is 0 Å². The summed E-state index contributed by atoms with van der Waals surface area (Å²) in [7, 11) is 0. The largest absolute Gasteiger partial charge is 0.389 e. The van der Waals surface area contributed by atoms with E-state index in [1.165, 1.54) is 0 Å². The van der Waals surface area contributed by atoms with Gasteiger partial charge in [-0.3, -0.25) is 0 Å². The van der Waals surface area contributed by atoms with Gasteiger partial charge in [-0.25, -0.2) is 4.98 Å². The molecule has 0 unspecified atom stereocenters. The van der Waals surface area contributed by atoms with Crippen LogP contribution in [0.3, 0.4) is 0 Å². The molecule has 0 spiro atoms. The predicted molar refractivity (Wildman–Crippen MR) is 89.5 cm³/mol. The minimum absolute atomic E-state index is 0.263. The molecule has 2 aliphatic rings. The number of nitrogens with zero attached hydrogens (tertiary/aromatic N) is 2. The third-order valence-corrected chi connectivity index (χ3v) is 5.43. The molecule has 116 valence electrons. The van der Waals surface area contributed by atoms with Gasteiger partial charge in [-0.05, 0) is 37.6 Å². The fraction of sp³-hybridized carbons (Fsp3) is 0.471. The van der Waals surface area contributed by atoms with E-state index >= 15 is 0 Å². The molecule has 2 atom stereocenters. The number of fused-ring (bicyclic) bond motifs is 2. The zero-order chi connectivity index (χ0) is 15.2. The molecule has 2 aliphatic heterocycles. The molecule has 2 N–H and O–H groups in total. The highest BCUT2D eigenvalue weighted by atomic mass is 35.5. The fourth-order valence-corrected chi connectivity index (χ4v) is 3.93. The summed E-state index contributed by atoms with van der Waals surface area (Å²) in [6.07, 6.45) is 1.66. The van der Waals surface area contributed by atoms with Crippen LogP contribution in [-0.4, -0.2) is 41.9 Å². The number of hydrogen-bond acceptors (Lipinski definition) is 4. The van der Waals surface area contributed by atoms with Crippen LogP contribution in [0.25, 0.3) is 10.9 Å². The first-order valence-electron chi connectivity index (χ1n) is 7.89. The average molecular weight is 318 g/mol. The number of aliphatic hydroxyl groups is 1. The second-order valence-corrected chi connectivity index (χ2v) is 6.84. The summed E-state index contributed by atoms with van der Waals surface area (Å²) in [5, 5.41) is 15.9. The van der Waals surface area contributed by atoms with E-state index in [2.05, 4.69) is 22.3 Å². The predicted octanol–water partition coefficient (Wildman–Crippen LogP) is 2.44. The van der Waals surface area contributed by atoms with E-state index in [0.717, 1.165) is 55.7 Å². The fourth-order valence-electron chi connectivity index (χ4n) is 3.71. The molecule has 2 aromatic rings. The van der Waals surface area contributed by atoms with Crippen molar-refractivity contribution in [3.63, 3.8) is 0 Å². The van der Waals surface area contributed by atoms with Crippen LogP contribution in [0.5, 0.6) is 0 Å². The Labute approximate surface area is 135 Å². The van der Waals surface area contributed by atoms with Gasteiger partial charge in [-0.2, -0.15) is 0 Å². The summed E-state index contributed by atoms with van der Waals surface area (Å²) >= 11 is 6.27. The average Bonchev–Trinajstić information content (AvgIpc) is 2.54. The van der Waals surface area contributed by atoms with Crippen molar-refractivity contribution in [2.45, 2.75) is 18.4 Å². The molecule has 1 aromatic heterocycles. The normalized spacial score (nSPS) is 28.6. The molecule has 1 aromatic carbocycles. The SMILES string of the molecule is O[C@]12CCNC[C@H]1CN(c1ccc3cccc(Cl)c3n1)CC2. The molecular weight excluding hydrogens is 298 g/mol. The van der Waals surface area contributed by atoms with Gasteiger partial charge in [0.2, 0.25) is 0 Å². The third kappa shape index (κ3) is 2.35. The second-order valence-electron chi connectivity index (χ2n) is 6.43. The van der Waals surface area contributed by atoms with Crippen LogP contribution in [0, 0.1) is 5.92 Å². The lowest BCUT2D eigenvalue weighted by molar-refractivity contribution is -0.0539. The summed E-state index contributed by atoms with van der Waals surface area (Å²) in [6, 6.07) is 9.97. The van der Waals surface area contributed by atoms with Crippen molar-refractivity contribution >= 4 is 28.3 Å². The van der Waals surface area contributed by atoms with E-state index in [9.17, 15) is 5.11 Å². The molecule has 0 aliphatic carbocycles. The third-order valence-electron chi connectivity index (χ3n) is 5.12. The Morgan fingerprint density at radius 3 is 3.09 bits per heavy atom. The number of rotatable bonds is 1. The number of nitrogens with one attached hydrogen (secondary N) is 1. The highest BCUT2D eigenvalue weighted by Gasteiger charge is 2.43. The van der Waals surface area contributed by atoms with Gasteiger partial charge in [0.05, 0.1) is 16.1 Å². The van der Waals surface area contributed by atoms with E-state index in [1.54, 1.807) is 0 Å². The molecule has 4 nitrogen and oxygen atoms in total. The number of hydrogen-bond donors (Lipinski definition) is 2. The lowest BCUT2D eigenvalue weighted by Gasteiger charge is -2.47. The number of halogens is 1. The van der Waals surface area contributed by atoms with Crippen LogP contribution >= 0.6 is 11.6 Å². The summed E-state index contributed by atoms with van der Waals surface area (Å²) < 4.78 is 0. The Balaban J connectivity index is 1.64. The first-order chi connectivity index (χ1) is 10.7. The Morgan fingerprint density at radius 1 is 1.27 bits per heavy atom. The Kier molecular flexibility index (Phi) is 3.48. The van der Waals surface area contributed by atoms with E-state index in [4.69, 9.17) is 16.6 Å². The maximum absolute atomic E-state index is 10.8. The molecular formula is C17H20ClN3O. The monoisotopic (exact) mass is 317 g/mol. The van der Waals surface area contributed by atoms with E-state index in [0.29, 0.717) is 5.02 Å². The van der Waals surface area contributed by atoms with Gasteiger partial charge in [-0.15, -0.1) is 0 Å². The van der Waals surface area contributed by atoms with E-state index in [-0.39, 0.29) is 5.92 Å². The van der Waals surface area contributed by atoms with Crippen LogP contribution in [0.1, 0.15) is 12.8 Å². The maximum Gasteiger partial charge on any atom is 0.129 e. The van der Waals surface area contributed by atoms with Crippen molar-refractivity contribution in [2.75, 3.05) is 31.1 Å². The number of benzene rings is 1. The van der Waals surface area contributed by atoms with Crippen molar-refractivity contribution < 1.29 is 5.11 Å². The zero-order valence-electron chi connectivity index (χ0n) is 12.4. The lowest BCUT2D eigenvalue weighted by Crippen LogP contribution is -2.59. The molecule has 0 bridgehead atoms. The molecule has 2 fully saturated rings. The number of anilines is 1. The van der Waals surface area contributed by atoms with Crippen molar-refractivity contribution in [1.29, 1.82) is 0 Å². The number of aromatic nitrogens is 1. The van der Waals surface area contributed by atoms with E-state index in [1.807, 2.05) is 18.2 Å². The first kappa shape index (κ1) is 14.2. The van der Waals surface area contributed by atoms with Gasteiger partial charge >= 0.3 is 0 Å². The highest BCUT2D eigenvalue weighted by molar-refractivity contribution is 6.35. The van der Waals surface area contributed by atoms with Gasteiger partial charge < -0.3 is 15.3 Å². The van der Waals surface area contributed by atoms with Gasteiger partial charge in [0.25, 0.3) is 0 Å². The lowest BCUT2D eigenvalue weighted by atomic mass is 9.76. The van der Waals surface area contributed by atoms with Crippen molar-refractivity contribution in [2.24, 2.45) is 5.92 Å². The summed E-state index contributed by atoms with van der Waals surface area (Å²) in [6.45, 7) is 3.47. The summed E-state index contributed by atoms with van der Waals surface area (Å²) in [4.78, 5) is 7.02. The number of para-hydroxylation sites is 1. The maximum atomic E-state index is 10.8. The molecule has 0 saturated carbocycles. The Hall–Kier alpha value is -1.36. The van der Waals surface area contributed by atoms with Crippen LogP contribution in [-0.2, 0) is 0 Å². The molecule has 2 saturated heterocycles. The quantitative estimate of drug-likeness (QED) is 0.848. The van der Waals surface area contributed by atoms with Gasteiger partial charge in [-0.1, -0.05) is 23.7 Å².